The van der Waals surface area contributed by atoms with Crippen molar-refractivity contribution in [2.75, 3.05) is 0 Å². The molecule has 1 aliphatic carbocycles. The average Bonchev–Trinajstić information content (AvgIpc) is 2.48. The van der Waals surface area contributed by atoms with Crippen molar-refractivity contribution < 1.29 is 5.11 Å². The van der Waals surface area contributed by atoms with Crippen LogP contribution in [0.2, 0.25) is 0 Å². The molecule has 2 heteroatoms. The van der Waals surface area contributed by atoms with Gasteiger partial charge in [0, 0.05) is 17.5 Å². The first kappa shape index (κ1) is 13.6. The molecule has 2 aromatic rings. The van der Waals surface area contributed by atoms with Crippen LogP contribution in [0.5, 0.6) is 0 Å². The van der Waals surface area contributed by atoms with Crippen molar-refractivity contribution >= 4 is 10.9 Å². The maximum atomic E-state index is 10.4. The zero-order valence-electron chi connectivity index (χ0n) is 12.1. The van der Waals surface area contributed by atoms with Crippen LogP contribution in [0.1, 0.15) is 38.3 Å². The summed E-state index contributed by atoms with van der Waals surface area (Å²) < 4.78 is 0. The number of benzene rings is 1. The summed E-state index contributed by atoms with van der Waals surface area (Å²) in [5.41, 5.74) is 2.03. The second kappa shape index (κ2) is 5.92. The summed E-state index contributed by atoms with van der Waals surface area (Å²) in [5.74, 6) is 1.29. The van der Waals surface area contributed by atoms with Gasteiger partial charge in [-0.25, -0.2) is 0 Å². The molecule has 0 amide bonds. The zero-order chi connectivity index (χ0) is 13.9. The van der Waals surface area contributed by atoms with E-state index < -0.39 is 0 Å². The quantitative estimate of drug-likeness (QED) is 0.914. The van der Waals surface area contributed by atoms with E-state index in [9.17, 15) is 5.11 Å². The highest BCUT2D eigenvalue weighted by Crippen LogP contribution is 2.31. The van der Waals surface area contributed by atoms with Gasteiger partial charge in [0.15, 0.2) is 0 Å². The minimum absolute atomic E-state index is 0.240. The largest absolute Gasteiger partial charge is 0.392 e. The normalized spacial score (nSPS) is 24.7. The van der Waals surface area contributed by atoms with Gasteiger partial charge in [-0.15, -0.1) is 0 Å². The molecule has 1 aromatic heterocycles. The van der Waals surface area contributed by atoms with Gasteiger partial charge in [-0.3, -0.25) is 4.98 Å². The van der Waals surface area contributed by atoms with Gasteiger partial charge in [-0.05, 0) is 36.8 Å². The van der Waals surface area contributed by atoms with Gasteiger partial charge in [-0.2, -0.15) is 0 Å². The summed E-state index contributed by atoms with van der Waals surface area (Å²) in [5, 5.41) is 11.6. The van der Waals surface area contributed by atoms with E-state index in [1.54, 1.807) is 0 Å². The van der Waals surface area contributed by atoms with Crippen molar-refractivity contribution in [3.63, 3.8) is 0 Å². The third-order valence-corrected chi connectivity index (χ3v) is 4.68. The second-order valence-corrected chi connectivity index (χ2v) is 6.29. The molecule has 20 heavy (non-hydrogen) atoms. The van der Waals surface area contributed by atoms with E-state index in [1.165, 1.54) is 12.8 Å². The lowest BCUT2D eigenvalue weighted by atomic mass is 9.79. The molecule has 0 bridgehead atoms. The van der Waals surface area contributed by atoms with Gasteiger partial charge >= 0.3 is 0 Å². The minimum Gasteiger partial charge on any atom is -0.392 e. The molecule has 1 heterocycles. The van der Waals surface area contributed by atoms with Crippen molar-refractivity contribution in [2.24, 2.45) is 11.8 Å². The number of para-hydroxylation sites is 1. The van der Waals surface area contributed by atoms with Gasteiger partial charge in [0.05, 0.1) is 11.6 Å². The van der Waals surface area contributed by atoms with Crippen LogP contribution in [-0.4, -0.2) is 16.2 Å². The van der Waals surface area contributed by atoms with Gasteiger partial charge in [0.25, 0.3) is 0 Å². The van der Waals surface area contributed by atoms with Crippen LogP contribution in [-0.2, 0) is 6.42 Å². The van der Waals surface area contributed by atoms with Crippen LogP contribution in [0.4, 0.5) is 0 Å². The fourth-order valence-corrected chi connectivity index (χ4v) is 3.27. The average molecular weight is 269 g/mol. The Morgan fingerprint density at radius 3 is 2.65 bits per heavy atom. The molecule has 2 nitrogen and oxygen atoms in total. The number of aliphatic hydroxyl groups excluding tert-OH is 1. The van der Waals surface area contributed by atoms with Crippen LogP contribution in [0.25, 0.3) is 10.9 Å². The van der Waals surface area contributed by atoms with Crippen LogP contribution >= 0.6 is 0 Å². The van der Waals surface area contributed by atoms with Crippen molar-refractivity contribution in [3.8, 4) is 0 Å². The number of rotatable bonds is 3. The highest BCUT2D eigenvalue weighted by molar-refractivity contribution is 5.78. The van der Waals surface area contributed by atoms with E-state index in [-0.39, 0.29) is 6.10 Å². The van der Waals surface area contributed by atoms with E-state index in [4.69, 9.17) is 0 Å². The summed E-state index contributed by atoms with van der Waals surface area (Å²) >= 11 is 0. The van der Waals surface area contributed by atoms with E-state index in [1.807, 2.05) is 18.2 Å². The summed E-state index contributed by atoms with van der Waals surface area (Å²) in [6.07, 6.45) is 5.28. The number of aromatic nitrogens is 1. The first-order valence-corrected chi connectivity index (χ1v) is 7.75. The summed E-state index contributed by atoms with van der Waals surface area (Å²) in [7, 11) is 0. The molecule has 0 radical (unpaired) electrons. The molecule has 1 aromatic carbocycles. The third kappa shape index (κ3) is 3.01. The number of nitrogens with zero attached hydrogens (tertiary/aromatic N) is 1. The number of hydrogen-bond acceptors (Lipinski definition) is 2. The first-order chi connectivity index (χ1) is 9.72. The molecule has 1 unspecified atom stereocenters. The number of aliphatic hydroxyl groups is 1. The second-order valence-electron chi connectivity index (χ2n) is 6.29. The minimum atomic E-state index is -0.240. The van der Waals surface area contributed by atoms with Gasteiger partial charge < -0.3 is 5.11 Å². The molecular formula is C18H23NO. The summed E-state index contributed by atoms with van der Waals surface area (Å²) in [6.45, 7) is 2.31. The van der Waals surface area contributed by atoms with E-state index in [0.29, 0.717) is 12.3 Å². The number of fused-ring (bicyclic) bond motifs is 1. The Hall–Kier alpha value is -1.41. The Balaban J connectivity index is 1.69. The van der Waals surface area contributed by atoms with E-state index >= 15 is 0 Å². The van der Waals surface area contributed by atoms with Gasteiger partial charge in [0.2, 0.25) is 0 Å². The van der Waals surface area contributed by atoms with E-state index in [2.05, 4.69) is 30.1 Å². The Morgan fingerprint density at radius 2 is 1.85 bits per heavy atom. The number of pyridine rings is 1. The fraction of sp³-hybridized carbons (Fsp3) is 0.500. The molecule has 1 N–H and O–H groups in total. The molecular weight excluding hydrogens is 246 g/mol. The zero-order valence-corrected chi connectivity index (χ0v) is 12.1. The molecule has 0 saturated heterocycles. The summed E-state index contributed by atoms with van der Waals surface area (Å²) in [6, 6.07) is 12.3. The van der Waals surface area contributed by atoms with Crippen LogP contribution in [0.15, 0.2) is 36.4 Å². The van der Waals surface area contributed by atoms with Crippen molar-refractivity contribution in [3.05, 3.63) is 42.1 Å². The third-order valence-electron chi connectivity index (χ3n) is 4.68. The summed E-state index contributed by atoms with van der Waals surface area (Å²) in [4.78, 5) is 4.66. The molecule has 1 fully saturated rings. The highest BCUT2D eigenvalue weighted by atomic mass is 16.3. The maximum Gasteiger partial charge on any atom is 0.0705 e. The van der Waals surface area contributed by atoms with Crippen molar-refractivity contribution in [1.82, 2.24) is 4.98 Å². The first-order valence-electron chi connectivity index (χ1n) is 7.75. The van der Waals surface area contributed by atoms with Gasteiger partial charge in [0.1, 0.15) is 0 Å². The molecule has 106 valence electrons. The predicted octanol–water partition coefficient (Wildman–Crippen LogP) is 3.96. The standard InChI is InChI=1S/C18H23NO/c1-13-6-8-15(9-7-13)18(20)12-16-11-10-14-4-2-3-5-17(14)19-16/h2-5,10-11,13,15,18,20H,6-9,12H2,1H3. The lowest BCUT2D eigenvalue weighted by Gasteiger charge is -2.29. The molecule has 1 atom stereocenters. The lowest BCUT2D eigenvalue weighted by Crippen LogP contribution is -2.27. The topological polar surface area (TPSA) is 33.1 Å². The SMILES string of the molecule is CC1CCC(C(O)Cc2ccc3ccccc3n2)CC1. The smallest absolute Gasteiger partial charge is 0.0705 e. The Kier molecular flexibility index (Phi) is 4.02. The molecule has 1 aliphatic rings. The van der Waals surface area contributed by atoms with Crippen LogP contribution in [0, 0.1) is 11.8 Å². The monoisotopic (exact) mass is 269 g/mol. The lowest BCUT2D eigenvalue weighted by molar-refractivity contribution is 0.0754. The maximum absolute atomic E-state index is 10.4. The fourth-order valence-electron chi connectivity index (χ4n) is 3.27. The van der Waals surface area contributed by atoms with E-state index in [0.717, 1.165) is 35.4 Å². The van der Waals surface area contributed by atoms with Crippen LogP contribution in [0.3, 0.4) is 0 Å². The Morgan fingerprint density at radius 1 is 1.10 bits per heavy atom. The van der Waals surface area contributed by atoms with Crippen LogP contribution < -0.4 is 0 Å². The molecule has 0 aliphatic heterocycles. The predicted molar refractivity (Wildman–Crippen MR) is 82.6 cm³/mol. The molecule has 3 rings (SSSR count). The number of hydrogen-bond donors (Lipinski definition) is 1. The van der Waals surface area contributed by atoms with Crippen molar-refractivity contribution in [1.29, 1.82) is 0 Å². The molecule has 1 saturated carbocycles. The van der Waals surface area contributed by atoms with Crippen molar-refractivity contribution in [2.45, 2.75) is 45.1 Å². The molecule has 0 spiro atoms. The Bertz CT molecular complexity index is 572. The van der Waals surface area contributed by atoms with Gasteiger partial charge in [-0.1, -0.05) is 44.0 Å². The Labute approximate surface area is 120 Å². The highest BCUT2D eigenvalue weighted by Gasteiger charge is 2.24.